The molecule has 22 heavy (non-hydrogen) atoms. The molecule has 0 aliphatic heterocycles. The highest BCUT2D eigenvalue weighted by Crippen LogP contribution is 2.26. The number of rotatable bonds is 4. The standard InChI is InChI=1S/C16H11Br2N3S/c17-13-7-5-11(6-8-13)15-10-22-16(20-15)21-19-9-12-3-1-2-4-14(12)18/h1-10H,(H,20,21)/b19-9+. The van der Waals surface area contributed by atoms with Crippen LogP contribution in [0.1, 0.15) is 5.56 Å². The first-order chi connectivity index (χ1) is 10.7. The number of hydrogen-bond donors (Lipinski definition) is 1. The van der Waals surface area contributed by atoms with Crippen LogP contribution in [0.5, 0.6) is 0 Å². The van der Waals surface area contributed by atoms with Crippen molar-refractivity contribution >= 4 is 54.5 Å². The summed E-state index contributed by atoms with van der Waals surface area (Å²) in [5, 5.41) is 7.01. The van der Waals surface area contributed by atoms with Gasteiger partial charge in [-0.3, -0.25) is 5.43 Å². The van der Waals surface area contributed by atoms with E-state index in [2.05, 4.69) is 47.4 Å². The molecule has 0 aliphatic rings. The first kappa shape index (κ1) is 15.4. The second-order valence-electron chi connectivity index (χ2n) is 4.44. The van der Waals surface area contributed by atoms with Crippen molar-refractivity contribution in [2.45, 2.75) is 0 Å². The molecule has 0 saturated heterocycles. The monoisotopic (exact) mass is 435 g/mol. The van der Waals surface area contributed by atoms with E-state index in [4.69, 9.17) is 0 Å². The summed E-state index contributed by atoms with van der Waals surface area (Å²) in [6.07, 6.45) is 1.77. The Morgan fingerprint density at radius 1 is 1.05 bits per heavy atom. The van der Waals surface area contributed by atoms with Gasteiger partial charge in [0, 0.05) is 25.5 Å². The largest absolute Gasteiger partial charge is 0.253 e. The number of nitrogens with zero attached hydrogens (tertiary/aromatic N) is 2. The van der Waals surface area contributed by atoms with Gasteiger partial charge >= 0.3 is 0 Å². The lowest BCUT2D eigenvalue weighted by molar-refractivity contribution is 1.29. The molecule has 1 heterocycles. The minimum Gasteiger partial charge on any atom is -0.253 e. The van der Waals surface area contributed by atoms with Crippen LogP contribution in [0.25, 0.3) is 11.3 Å². The topological polar surface area (TPSA) is 37.3 Å². The highest BCUT2D eigenvalue weighted by atomic mass is 79.9. The highest BCUT2D eigenvalue weighted by molar-refractivity contribution is 9.10. The number of benzene rings is 2. The lowest BCUT2D eigenvalue weighted by Crippen LogP contribution is -1.90. The van der Waals surface area contributed by atoms with Crippen molar-refractivity contribution in [2.24, 2.45) is 5.10 Å². The molecule has 3 rings (SSSR count). The van der Waals surface area contributed by atoms with Crippen molar-refractivity contribution in [3.05, 3.63) is 68.4 Å². The quantitative estimate of drug-likeness (QED) is 0.415. The van der Waals surface area contributed by atoms with E-state index in [1.165, 1.54) is 11.3 Å². The van der Waals surface area contributed by atoms with Gasteiger partial charge in [0.1, 0.15) is 0 Å². The maximum absolute atomic E-state index is 4.53. The summed E-state index contributed by atoms with van der Waals surface area (Å²) in [5.74, 6) is 0. The molecular weight excluding hydrogens is 426 g/mol. The van der Waals surface area contributed by atoms with Crippen molar-refractivity contribution in [1.82, 2.24) is 4.98 Å². The molecule has 1 N–H and O–H groups in total. The predicted octanol–water partition coefficient (Wildman–Crippen LogP) is 5.78. The molecule has 0 atom stereocenters. The normalized spacial score (nSPS) is 11.0. The van der Waals surface area contributed by atoms with Crippen molar-refractivity contribution in [3.8, 4) is 11.3 Å². The second-order valence-corrected chi connectivity index (χ2v) is 7.06. The van der Waals surface area contributed by atoms with Crippen LogP contribution in [-0.4, -0.2) is 11.2 Å². The fourth-order valence-electron chi connectivity index (χ4n) is 1.82. The average Bonchev–Trinajstić information content (AvgIpc) is 2.99. The van der Waals surface area contributed by atoms with E-state index in [1.807, 2.05) is 53.9 Å². The van der Waals surface area contributed by atoms with E-state index in [-0.39, 0.29) is 0 Å². The van der Waals surface area contributed by atoms with Gasteiger partial charge in [-0.25, -0.2) is 4.98 Å². The zero-order valence-corrected chi connectivity index (χ0v) is 15.3. The minimum atomic E-state index is 0.765. The summed E-state index contributed by atoms with van der Waals surface area (Å²) in [4.78, 5) is 4.53. The predicted molar refractivity (Wildman–Crippen MR) is 101 cm³/mol. The lowest BCUT2D eigenvalue weighted by atomic mass is 10.2. The molecule has 0 radical (unpaired) electrons. The van der Waals surface area contributed by atoms with Crippen molar-refractivity contribution in [3.63, 3.8) is 0 Å². The number of hydrogen-bond acceptors (Lipinski definition) is 4. The van der Waals surface area contributed by atoms with Crippen LogP contribution in [0.2, 0.25) is 0 Å². The first-order valence-corrected chi connectivity index (χ1v) is 8.94. The smallest absolute Gasteiger partial charge is 0.203 e. The Morgan fingerprint density at radius 2 is 1.82 bits per heavy atom. The summed E-state index contributed by atoms with van der Waals surface area (Å²) in [6, 6.07) is 16.0. The van der Waals surface area contributed by atoms with Gasteiger partial charge < -0.3 is 0 Å². The fraction of sp³-hybridized carbons (Fsp3) is 0. The highest BCUT2D eigenvalue weighted by Gasteiger charge is 2.03. The third-order valence-corrected chi connectivity index (χ3v) is 4.91. The maximum Gasteiger partial charge on any atom is 0.203 e. The van der Waals surface area contributed by atoms with Crippen LogP contribution in [0.4, 0.5) is 5.13 Å². The van der Waals surface area contributed by atoms with Gasteiger partial charge in [-0.1, -0.05) is 62.2 Å². The van der Waals surface area contributed by atoms with Crippen molar-refractivity contribution in [1.29, 1.82) is 0 Å². The molecular formula is C16H11Br2N3S. The zero-order chi connectivity index (χ0) is 15.4. The van der Waals surface area contributed by atoms with Gasteiger partial charge in [0.25, 0.3) is 0 Å². The number of hydrazone groups is 1. The Balaban J connectivity index is 1.70. The number of aromatic nitrogens is 1. The van der Waals surface area contributed by atoms with Gasteiger partial charge in [0.05, 0.1) is 11.9 Å². The fourth-order valence-corrected chi connectivity index (χ4v) is 3.14. The zero-order valence-electron chi connectivity index (χ0n) is 11.3. The van der Waals surface area contributed by atoms with E-state index < -0.39 is 0 Å². The van der Waals surface area contributed by atoms with Crippen LogP contribution in [0.3, 0.4) is 0 Å². The Labute approximate surface area is 149 Å². The molecule has 1 aromatic heterocycles. The Kier molecular flexibility index (Phi) is 5.02. The summed E-state index contributed by atoms with van der Waals surface area (Å²) >= 11 is 8.45. The number of nitrogens with one attached hydrogen (secondary N) is 1. The van der Waals surface area contributed by atoms with Gasteiger partial charge in [-0.2, -0.15) is 5.10 Å². The minimum absolute atomic E-state index is 0.765. The van der Waals surface area contributed by atoms with Crippen LogP contribution in [0, 0.1) is 0 Å². The molecule has 6 heteroatoms. The summed E-state index contributed by atoms with van der Waals surface area (Å²) in [6.45, 7) is 0. The molecule has 0 aliphatic carbocycles. The second kappa shape index (κ2) is 7.17. The molecule has 3 nitrogen and oxygen atoms in total. The molecule has 0 spiro atoms. The van der Waals surface area contributed by atoms with E-state index in [0.29, 0.717) is 0 Å². The van der Waals surface area contributed by atoms with E-state index in [9.17, 15) is 0 Å². The number of thiazole rings is 1. The third-order valence-electron chi connectivity index (χ3n) is 2.91. The Bertz CT molecular complexity index is 797. The maximum atomic E-state index is 4.53. The van der Waals surface area contributed by atoms with E-state index in [0.717, 1.165) is 30.9 Å². The Morgan fingerprint density at radius 3 is 2.59 bits per heavy atom. The van der Waals surface area contributed by atoms with Gasteiger partial charge in [-0.05, 0) is 18.2 Å². The average molecular weight is 437 g/mol. The molecule has 0 bridgehead atoms. The Hall–Kier alpha value is -1.50. The van der Waals surface area contributed by atoms with Crippen LogP contribution >= 0.6 is 43.2 Å². The molecule has 2 aromatic carbocycles. The molecule has 0 unspecified atom stereocenters. The van der Waals surface area contributed by atoms with Crippen molar-refractivity contribution < 1.29 is 0 Å². The molecule has 0 saturated carbocycles. The molecule has 110 valence electrons. The van der Waals surface area contributed by atoms with E-state index >= 15 is 0 Å². The first-order valence-electron chi connectivity index (χ1n) is 6.47. The third kappa shape index (κ3) is 3.82. The number of halogens is 2. The summed E-state index contributed by atoms with van der Waals surface area (Å²) in [7, 11) is 0. The van der Waals surface area contributed by atoms with Gasteiger partial charge in [0.2, 0.25) is 5.13 Å². The SMILES string of the molecule is Brc1ccc(-c2csc(N/N=C/c3ccccc3Br)n2)cc1. The summed E-state index contributed by atoms with van der Waals surface area (Å²) < 4.78 is 2.07. The summed E-state index contributed by atoms with van der Waals surface area (Å²) in [5.41, 5.74) is 6.01. The van der Waals surface area contributed by atoms with E-state index in [1.54, 1.807) is 6.21 Å². The lowest BCUT2D eigenvalue weighted by Gasteiger charge is -1.98. The molecule has 3 aromatic rings. The van der Waals surface area contributed by atoms with Gasteiger partial charge in [-0.15, -0.1) is 11.3 Å². The van der Waals surface area contributed by atoms with Crippen molar-refractivity contribution in [2.75, 3.05) is 5.43 Å². The van der Waals surface area contributed by atoms with Crippen LogP contribution < -0.4 is 5.43 Å². The number of anilines is 1. The van der Waals surface area contributed by atoms with Gasteiger partial charge in [0.15, 0.2) is 0 Å². The van der Waals surface area contributed by atoms with Crippen LogP contribution in [-0.2, 0) is 0 Å². The molecule has 0 fully saturated rings. The van der Waals surface area contributed by atoms with Crippen LogP contribution in [0.15, 0.2) is 68.0 Å². The molecule has 0 amide bonds.